The van der Waals surface area contributed by atoms with Crippen LogP contribution < -0.4 is 11.1 Å². The molecule has 0 atom stereocenters. The van der Waals surface area contributed by atoms with Gasteiger partial charge in [0.15, 0.2) is 5.13 Å². The number of pyridine rings is 1. The Morgan fingerprint density at radius 3 is 2.82 bits per heavy atom. The van der Waals surface area contributed by atoms with E-state index in [1.165, 1.54) is 11.3 Å². The predicted octanol–water partition coefficient (Wildman–Crippen LogP) is 1.74. The van der Waals surface area contributed by atoms with Crippen LogP contribution >= 0.6 is 11.3 Å². The lowest BCUT2D eigenvalue weighted by Crippen LogP contribution is -1.92. The summed E-state index contributed by atoms with van der Waals surface area (Å²) in [6, 6.07) is 5.62. The summed E-state index contributed by atoms with van der Waals surface area (Å²) in [5.74, 6) is 0. The number of nitrogens with one attached hydrogen (secondary N) is 1. The van der Waals surface area contributed by atoms with E-state index in [9.17, 15) is 4.79 Å². The number of thiazole rings is 1. The molecular weight excluding hydrogens is 236 g/mol. The Balaban J connectivity index is 0.000000437. The van der Waals surface area contributed by atoms with Gasteiger partial charge in [-0.25, -0.2) is 4.98 Å². The van der Waals surface area contributed by atoms with Gasteiger partial charge in [0.1, 0.15) is 5.69 Å². The van der Waals surface area contributed by atoms with E-state index in [4.69, 9.17) is 5.73 Å². The minimum absolute atomic E-state index is 0.584. The molecule has 1 amide bonds. The summed E-state index contributed by atoms with van der Waals surface area (Å²) in [6.07, 6.45) is 2.32. The van der Waals surface area contributed by atoms with Crippen LogP contribution in [0.25, 0.3) is 11.4 Å². The molecule has 0 aliphatic carbocycles. The van der Waals surface area contributed by atoms with Gasteiger partial charge in [-0.1, -0.05) is 13.0 Å². The quantitative estimate of drug-likeness (QED) is 0.813. The van der Waals surface area contributed by atoms with Crippen LogP contribution in [0, 0.1) is 0 Å². The number of carbonyl (C=O) groups is 1. The first-order valence-electron chi connectivity index (χ1n) is 5.09. The highest BCUT2D eigenvalue weighted by Gasteiger charge is 2.03. The second kappa shape index (κ2) is 7.48. The number of aromatic nitrogens is 2. The lowest BCUT2D eigenvalue weighted by atomic mass is 10.3. The van der Waals surface area contributed by atoms with Crippen molar-refractivity contribution in [1.82, 2.24) is 9.97 Å². The fraction of sp³-hybridized carbons (Fsp3) is 0.182. The van der Waals surface area contributed by atoms with E-state index in [1.54, 1.807) is 6.20 Å². The van der Waals surface area contributed by atoms with Crippen LogP contribution in [0.5, 0.6) is 0 Å². The second-order valence-electron chi connectivity index (χ2n) is 2.92. The molecular formula is C11H14N4OS. The van der Waals surface area contributed by atoms with Crippen LogP contribution in [0.1, 0.15) is 6.92 Å². The number of nitrogens with two attached hydrogens (primary N) is 1. The van der Waals surface area contributed by atoms with Crippen molar-refractivity contribution >= 4 is 22.9 Å². The third kappa shape index (κ3) is 4.29. The van der Waals surface area contributed by atoms with Crippen molar-refractivity contribution in [1.29, 1.82) is 0 Å². The second-order valence-corrected chi connectivity index (χ2v) is 3.78. The standard InChI is InChI=1S/C9H7N3OS.C2H7N/c13-6-11-9-12-8(5-14-9)7-3-1-2-4-10-7;1-2-3/h1-6H,(H,11,12,13);2-3H2,1H3. The number of hydrogen-bond donors (Lipinski definition) is 2. The molecule has 90 valence electrons. The third-order valence-electron chi connectivity index (χ3n) is 1.61. The minimum Gasteiger partial charge on any atom is -0.331 e. The fourth-order valence-electron chi connectivity index (χ4n) is 1.02. The average Bonchev–Trinajstić information content (AvgIpc) is 2.80. The Kier molecular flexibility index (Phi) is 5.84. The number of hydrogen-bond acceptors (Lipinski definition) is 5. The van der Waals surface area contributed by atoms with Crippen molar-refractivity contribution in [3.8, 4) is 11.4 Å². The average molecular weight is 250 g/mol. The number of nitrogens with zero attached hydrogens (tertiary/aromatic N) is 2. The Hall–Kier alpha value is -1.79. The zero-order chi connectivity index (χ0) is 12.5. The Morgan fingerprint density at radius 1 is 1.47 bits per heavy atom. The van der Waals surface area contributed by atoms with Crippen LogP contribution in [0.2, 0.25) is 0 Å². The van der Waals surface area contributed by atoms with E-state index in [0.717, 1.165) is 17.9 Å². The number of rotatable bonds is 3. The number of amides is 1. The summed E-state index contributed by atoms with van der Waals surface area (Å²) < 4.78 is 0. The Bertz CT molecular complexity index is 444. The van der Waals surface area contributed by atoms with Crippen molar-refractivity contribution in [3.63, 3.8) is 0 Å². The van der Waals surface area contributed by atoms with Crippen LogP contribution in [0.4, 0.5) is 5.13 Å². The van der Waals surface area contributed by atoms with E-state index in [-0.39, 0.29) is 0 Å². The SMILES string of the molecule is CCN.O=CNc1nc(-c2ccccn2)cs1. The molecule has 2 aromatic rings. The summed E-state index contributed by atoms with van der Waals surface area (Å²) >= 11 is 1.38. The monoisotopic (exact) mass is 250 g/mol. The molecule has 0 radical (unpaired) electrons. The molecule has 6 heteroatoms. The van der Waals surface area contributed by atoms with Gasteiger partial charge in [-0.2, -0.15) is 0 Å². The molecule has 0 aliphatic rings. The molecule has 2 aromatic heterocycles. The van der Waals surface area contributed by atoms with Crippen molar-refractivity contribution in [2.24, 2.45) is 5.73 Å². The van der Waals surface area contributed by atoms with Crippen molar-refractivity contribution in [2.75, 3.05) is 11.9 Å². The maximum absolute atomic E-state index is 10.2. The van der Waals surface area contributed by atoms with Gasteiger partial charge in [0.2, 0.25) is 6.41 Å². The maximum Gasteiger partial charge on any atom is 0.213 e. The van der Waals surface area contributed by atoms with Crippen molar-refractivity contribution in [2.45, 2.75) is 6.92 Å². The highest BCUT2D eigenvalue weighted by atomic mass is 32.1. The largest absolute Gasteiger partial charge is 0.331 e. The molecule has 17 heavy (non-hydrogen) atoms. The van der Waals surface area contributed by atoms with E-state index < -0.39 is 0 Å². The third-order valence-corrected chi connectivity index (χ3v) is 2.39. The molecule has 3 N–H and O–H groups in total. The van der Waals surface area contributed by atoms with Gasteiger partial charge in [-0.05, 0) is 18.7 Å². The van der Waals surface area contributed by atoms with E-state index in [2.05, 4.69) is 15.3 Å². The number of anilines is 1. The highest BCUT2D eigenvalue weighted by molar-refractivity contribution is 7.14. The molecule has 2 heterocycles. The van der Waals surface area contributed by atoms with E-state index >= 15 is 0 Å². The molecule has 0 bridgehead atoms. The van der Waals surface area contributed by atoms with Crippen LogP contribution in [-0.2, 0) is 4.79 Å². The fourth-order valence-corrected chi connectivity index (χ4v) is 1.69. The summed E-state index contributed by atoms with van der Waals surface area (Å²) in [5.41, 5.74) is 6.43. The minimum atomic E-state index is 0.584. The summed E-state index contributed by atoms with van der Waals surface area (Å²) in [6.45, 7) is 2.65. The normalized spacial score (nSPS) is 9.06. The molecule has 0 aromatic carbocycles. The first kappa shape index (κ1) is 13.3. The molecule has 2 rings (SSSR count). The summed E-state index contributed by atoms with van der Waals surface area (Å²) in [7, 11) is 0. The topological polar surface area (TPSA) is 80.9 Å². The Labute approximate surface area is 104 Å². The van der Waals surface area contributed by atoms with Gasteiger partial charge in [0.25, 0.3) is 0 Å². The van der Waals surface area contributed by atoms with Crippen LogP contribution in [-0.4, -0.2) is 22.9 Å². The van der Waals surface area contributed by atoms with E-state index in [1.807, 2.05) is 30.5 Å². The predicted molar refractivity (Wildman–Crippen MR) is 69.8 cm³/mol. The van der Waals surface area contributed by atoms with Gasteiger partial charge in [0, 0.05) is 11.6 Å². The summed E-state index contributed by atoms with van der Waals surface area (Å²) in [5, 5.41) is 4.94. The van der Waals surface area contributed by atoms with Crippen LogP contribution in [0.15, 0.2) is 29.8 Å². The first-order chi connectivity index (χ1) is 8.31. The lowest BCUT2D eigenvalue weighted by Gasteiger charge is -1.92. The maximum atomic E-state index is 10.2. The van der Waals surface area contributed by atoms with E-state index in [0.29, 0.717) is 11.5 Å². The molecule has 0 saturated carbocycles. The van der Waals surface area contributed by atoms with Crippen molar-refractivity contribution in [3.05, 3.63) is 29.8 Å². The molecule has 0 fully saturated rings. The van der Waals surface area contributed by atoms with Crippen molar-refractivity contribution < 1.29 is 4.79 Å². The van der Waals surface area contributed by atoms with Gasteiger partial charge in [-0.3, -0.25) is 9.78 Å². The van der Waals surface area contributed by atoms with Gasteiger partial charge >= 0.3 is 0 Å². The first-order valence-corrected chi connectivity index (χ1v) is 5.97. The molecule has 0 aliphatic heterocycles. The lowest BCUT2D eigenvalue weighted by molar-refractivity contribution is -0.105. The molecule has 0 spiro atoms. The van der Waals surface area contributed by atoms with Gasteiger partial charge in [0.05, 0.1) is 5.69 Å². The van der Waals surface area contributed by atoms with Gasteiger partial charge < -0.3 is 11.1 Å². The number of carbonyl (C=O) groups excluding carboxylic acids is 1. The molecule has 0 unspecified atom stereocenters. The van der Waals surface area contributed by atoms with Gasteiger partial charge in [-0.15, -0.1) is 11.3 Å². The molecule has 5 nitrogen and oxygen atoms in total. The zero-order valence-corrected chi connectivity index (χ0v) is 10.3. The highest BCUT2D eigenvalue weighted by Crippen LogP contribution is 2.22. The zero-order valence-electron chi connectivity index (χ0n) is 9.46. The smallest absolute Gasteiger partial charge is 0.213 e. The Morgan fingerprint density at radius 2 is 2.24 bits per heavy atom. The summed E-state index contributed by atoms with van der Waals surface area (Å²) in [4.78, 5) is 18.5. The molecule has 0 saturated heterocycles. The van der Waals surface area contributed by atoms with Crippen LogP contribution in [0.3, 0.4) is 0 Å².